The van der Waals surface area contributed by atoms with Crippen molar-refractivity contribution in [2.75, 3.05) is 0 Å². The molecule has 3 heteroatoms. The Morgan fingerprint density at radius 1 is 1.44 bits per heavy atom. The fraction of sp³-hybridized carbons (Fsp3) is 1.00. The molecule has 0 rings (SSSR count). The average molecular weight is 251 g/mol. The molecule has 0 fully saturated rings. The molecule has 1 nitrogen and oxygen atoms in total. The van der Waals surface area contributed by atoms with E-state index >= 15 is 0 Å². The second-order valence-electron chi connectivity index (χ2n) is 2.98. The minimum absolute atomic E-state index is 0.984. The van der Waals surface area contributed by atoms with Gasteiger partial charge in [-0.05, 0) is 0 Å². The van der Waals surface area contributed by atoms with Crippen LogP contribution in [0.4, 0.5) is 0 Å². The Morgan fingerprint density at radius 2 is 2.00 bits per heavy atom. The van der Waals surface area contributed by atoms with Crippen molar-refractivity contribution in [1.82, 2.24) is 0 Å². The normalized spacial score (nSPS) is 12.0. The molecule has 0 spiro atoms. The Kier molecular flexibility index (Phi) is 5.25. The van der Waals surface area contributed by atoms with Crippen LogP contribution in [-0.2, 0) is 2.76 Å². The van der Waals surface area contributed by atoms with Gasteiger partial charge in [0.2, 0.25) is 0 Å². The second-order valence-corrected chi connectivity index (χ2v) is 9.25. The van der Waals surface area contributed by atoms with Gasteiger partial charge in [-0.25, -0.2) is 0 Å². The molecule has 0 aromatic heterocycles. The van der Waals surface area contributed by atoms with Crippen LogP contribution in [0.2, 0.25) is 19.1 Å². The van der Waals surface area contributed by atoms with E-state index in [9.17, 15) is 0 Å². The summed E-state index contributed by atoms with van der Waals surface area (Å²) < 4.78 is 5.51. The van der Waals surface area contributed by atoms with Crippen LogP contribution in [0.5, 0.6) is 0 Å². The molecule has 0 unspecified atom stereocenters. The molecule has 0 atom stereocenters. The number of rotatable bonds is 4. The molecule has 0 amide bonds. The average Bonchev–Trinajstić information content (AvgIpc) is 1.84. The summed E-state index contributed by atoms with van der Waals surface area (Å²) in [6.07, 6.45) is 2.65. The molecule has 54 valence electrons. The van der Waals surface area contributed by atoms with Gasteiger partial charge < -0.3 is 0 Å². The zero-order valence-electron chi connectivity index (χ0n) is 6.61. The quantitative estimate of drug-likeness (QED) is 0.692. The van der Waals surface area contributed by atoms with Crippen LogP contribution in [0, 0.1) is 0 Å². The first-order valence-electron chi connectivity index (χ1n) is 3.50. The van der Waals surface area contributed by atoms with Crippen molar-refractivity contribution in [2.45, 2.75) is 38.9 Å². The van der Waals surface area contributed by atoms with Crippen LogP contribution in [0.25, 0.3) is 0 Å². The van der Waals surface area contributed by atoms with Crippen LogP contribution in [0.3, 0.4) is 0 Å². The Morgan fingerprint density at radius 3 is 2.33 bits per heavy atom. The first-order valence-corrected chi connectivity index (χ1v) is 7.96. The van der Waals surface area contributed by atoms with Crippen molar-refractivity contribution >= 4 is 31.3 Å². The van der Waals surface area contributed by atoms with E-state index in [2.05, 4.69) is 20.0 Å². The van der Waals surface area contributed by atoms with E-state index in [1.54, 1.807) is 0 Å². The maximum absolute atomic E-state index is 5.51. The van der Waals surface area contributed by atoms with Crippen molar-refractivity contribution in [3.8, 4) is 0 Å². The summed E-state index contributed by atoms with van der Waals surface area (Å²) >= 11 is 0.984. The van der Waals surface area contributed by atoms with Gasteiger partial charge in [0.1, 0.15) is 0 Å². The molecule has 0 aliphatic heterocycles. The molecule has 0 saturated heterocycles. The first-order chi connectivity index (χ1) is 4.12. The van der Waals surface area contributed by atoms with Gasteiger partial charge in [0, 0.05) is 0 Å². The van der Waals surface area contributed by atoms with Crippen LogP contribution >= 0.6 is 0 Å². The Balaban J connectivity index is 3.33. The minimum atomic E-state index is -1.14. The second kappa shape index (κ2) is 4.74. The molecule has 0 aromatic rings. The summed E-state index contributed by atoms with van der Waals surface area (Å²) in [6.45, 7) is 6.83. The van der Waals surface area contributed by atoms with Gasteiger partial charge in [-0.1, -0.05) is 0 Å². The molecular weight excluding hydrogens is 235 g/mol. The van der Waals surface area contributed by atoms with Gasteiger partial charge in [0.15, 0.2) is 0 Å². The van der Waals surface area contributed by atoms with Gasteiger partial charge >= 0.3 is 72.9 Å². The monoisotopic (exact) mass is 252 g/mol. The van der Waals surface area contributed by atoms with Gasteiger partial charge in [0.05, 0.1) is 0 Å². The zero-order chi connectivity index (χ0) is 7.33. The molecule has 0 aromatic carbocycles. The molecule has 0 saturated carbocycles. The molecule has 0 heterocycles. The third kappa shape index (κ3) is 5.42. The third-order valence-electron chi connectivity index (χ3n) is 1.45. The van der Waals surface area contributed by atoms with Crippen LogP contribution in [0.15, 0.2) is 0 Å². The number of hydrogen-bond donors (Lipinski definition) is 0. The molecule has 0 N–H and O–H groups in total. The molecule has 2 radical (unpaired) electrons. The topological polar surface area (TPSA) is 9.23 Å². The predicted molar refractivity (Wildman–Crippen MR) is 45.4 cm³/mol. The van der Waals surface area contributed by atoms with Crippen LogP contribution < -0.4 is 0 Å². The summed E-state index contributed by atoms with van der Waals surface area (Å²) in [5.41, 5.74) is 0. The zero-order valence-corrected chi connectivity index (χ0v) is 10.9. The van der Waals surface area contributed by atoms with Crippen LogP contribution in [0.1, 0.15) is 19.8 Å². The number of unbranched alkanes of at least 4 members (excludes halogenated alkanes) is 1. The van der Waals surface area contributed by atoms with E-state index in [4.69, 9.17) is 2.76 Å². The summed E-state index contributed by atoms with van der Waals surface area (Å²) in [5.74, 6) is 0. The summed E-state index contributed by atoms with van der Waals surface area (Å²) in [5, 5.41) is 0. The fourth-order valence-corrected chi connectivity index (χ4v) is 2.99. The third-order valence-corrected chi connectivity index (χ3v) is 9.11. The SMILES string of the molecule is CCCC[Si](C)(C)[O][SnH]. The van der Waals surface area contributed by atoms with Crippen molar-refractivity contribution in [3.63, 3.8) is 0 Å². The van der Waals surface area contributed by atoms with Crippen molar-refractivity contribution in [2.24, 2.45) is 0 Å². The molecule has 9 heavy (non-hydrogen) atoms. The summed E-state index contributed by atoms with van der Waals surface area (Å²) in [7, 11) is -1.14. The van der Waals surface area contributed by atoms with Gasteiger partial charge in [0.25, 0.3) is 0 Å². The molecule has 0 bridgehead atoms. The number of hydrogen-bond acceptors (Lipinski definition) is 1. The van der Waals surface area contributed by atoms with E-state index < -0.39 is 8.32 Å². The van der Waals surface area contributed by atoms with Gasteiger partial charge in [-0.3, -0.25) is 0 Å². The van der Waals surface area contributed by atoms with Crippen molar-refractivity contribution < 1.29 is 2.76 Å². The summed E-state index contributed by atoms with van der Waals surface area (Å²) in [6, 6.07) is 1.34. The first kappa shape index (κ1) is 9.98. The Bertz CT molecular complexity index is 75.5. The van der Waals surface area contributed by atoms with Crippen molar-refractivity contribution in [3.05, 3.63) is 0 Å². The van der Waals surface area contributed by atoms with Crippen molar-refractivity contribution in [1.29, 1.82) is 0 Å². The molecular formula is C6H16OSiSn. The van der Waals surface area contributed by atoms with Gasteiger partial charge in [-0.2, -0.15) is 0 Å². The van der Waals surface area contributed by atoms with Crippen LogP contribution in [-0.4, -0.2) is 31.3 Å². The Hall–Kier alpha value is 0.976. The predicted octanol–water partition coefficient (Wildman–Crippen LogP) is 1.82. The summed E-state index contributed by atoms with van der Waals surface area (Å²) in [4.78, 5) is 0. The van der Waals surface area contributed by atoms with E-state index in [0.29, 0.717) is 0 Å². The molecule has 0 aliphatic carbocycles. The fourth-order valence-electron chi connectivity index (χ4n) is 0.661. The maximum atomic E-state index is 5.51. The van der Waals surface area contributed by atoms with Gasteiger partial charge in [-0.15, -0.1) is 0 Å². The van der Waals surface area contributed by atoms with E-state index in [0.717, 1.165) is 22.9 Å². The Labute approximate surface area is 72.9 Å². The van der Waals surface area contributed by atoms with E-state index in [-0.39, 0.29) is 0 Å². The molecule has 0 aliphatic rings. The van der Waals surface area contributed by atoms with E-state index in [1.165, 1.54) is 18.9 Å². The van der Waals surface area contributed by atoms with E-state index in [1.807, 2.05) is 0 Å². The standard InChI is InChI=1S/C6H15OSi.Sn.H/c1-4-5-6-8(2,3)7;;/h4-6H2,1-3H3;;/q-1;+1;.